The molecule has 0 spiro atoms. The summed E-state index contributed by atoms with van der Waals surface area (Å²) in [5.41, 5.74) is 1.83. The van der Waals surface area contributed by atoms with Crippen LogP contribution in [0, 0.1) is 0 Å². The second kappa shape index (κ2) is 7.45. The largest absolute Gasteiger partial charge is 0.416 e. The smallest absolute Gasteiger partial charge is 0.386 e. The average Bonchev–Trinajstić information content (AvgIpc) is 3.04. The van der Waals surface area contributed by atoms with Crippen LogP contribution in [-0.4, -0.2) is 18.4 Å². The molecule has 0 unspecified atom stereocenters. The van der Waals surface area contributed by atoms with Gasteiger partial charge in [-0.15, -0.1) is 0 Å². The van der Waals surface area contributed by atoms with Crippen LogP contribution in [0.5, 0.6) is 0 Å². The number of quaternary nitrogens is 1. The zero-order chi connectivity index (χ0) is 17.9. The van der Waals surface area contributed by atoms with Crippen LogP contribution in [0.3, 0.4) is 0 Å². The van der Waals surface area contributed by atoms with Gasteiger partial charge in [0, 0.05) is 17.0 Å². The predicted octanol–water partition coefficient (Wildman–Crippen LogP) is 3.62. The Balaban J connectivity index is 1.49. The third-order valence-corrected chi connectivity index (χ3v) is 4.23. The van der Waals surface area contributed by atoms with Gasteiger partial charge in [0.2, 0.25) is 0 Å². The topological polar surface area (TPSA) is 38.2 Å². The van der Waals surface area contributed by atoms with Crippen LogP contribution in [0.1, 0.15) is 23.1 Å². The highest BCUT2D eigenvalue weighted by molar-refractivity contribution is 6.30. The summed E-state index contributed by atoms with van der Waals surface area (Å²) in [5.74, 6) is 0. The fourth-order valence-corrected chi connectivity index (χ4v) is 2.80. The van der Waals surface area contributed by atoms with Gasteiger partial charge < -0.3 is 10.2 Å². The Kier molecular flexibility index (Phi) is 5.30. The molecule has 0 bridgehead atoms. The highest BCUT2D eigenvalue weighted by Gasteiger charge is 2.30. The van der Waals surface area contributed by atoms with Crippen LogP contribution in [0.15, 0.2) is 53.7 Å². The van der Waals surface area contributed by atoms with Crippen molar-refractivity contribution < 1.29 is 23.3 Å². The van der Waals surface area contributed by atoms with E-state index >= 15 is 0 Å². The Hall–Kier alpha value is -2.05. The van der Waals surface area contributed by atoms with Gasteiger partial charge in [-0.25, -0.2) is 0 Å². The maximum atomic E-state index is 12.7. The number of rotatable bonds is 5. The van der Waals surface area contributed by atoms with Gasteiger partial charge in [-0.3, -0.25) is 0 Å². The molecule has 0 radical (unpaired) electrons. The third-order valence-electron chi connectivity index (χ3n) is 3.97. The van der Waals surface area contributed by atoms with E-state index < -0.39 is 11.7 Å². The van der Waals surface area contributed by atoms with Crippen molar-refractivity contribution in [2.45, 2.75) is 25.2 Å². The van der Waals surface area contributed by atoms with Crippen LogP contribution in [0.25, 0.3) is 0 Å². The van der Waals surface area contributed by atoms with Crippen molar-refractivity contribution >= 4 is 17.3 Å². The zero-order valence-electron chi connectivity index (χ0n) is 13.3. The lowest BCUT2D eigenvalue weighted by Crippen LogP contribution is -2.84. The van der Waals surface area contributed by atoms with E-state index in [4.69, 9.17) is 16.4 Å². The molecule has 25 heavy (non-hydrogen) atoms. The Bertz CT molecular complexity index is 760. The summed E-state index contributed by atoms with van der Waals surface area (Å²) in [6.45, 7) is 1.08. The van der Waals surface area contributed by atoms with E-state index in [1.807, 2.05) is 17.4 Å². The molecule has 2 N–H and O–H groups in total. The van der Waals surface area contributed by atoms with Crippen LogP contribution >= 0.6 is 11.6 Å². The van der Waals surface area contributed by atoms with Gasteiger partial charge in [0.15, 0.2) is 6.10 Å². The molecule has 0 aliphatic carbocycles. The minimum atomic E-state index is -4.31. The Labute approximate surface area is 148 Å². The van der Waals surface area contributed by atoms with Gasteiger partial charge in [-0.1, -0.05) is 41.0 Å². The van der Waals surface area contributed by atoms with Crippen molar-refractivity contribution in [2.24, 2.45) is 5.16 Å². The third kappa shape index (κ3) is 4.74. The number of hydrogen-bond acceptors (Lipinski definition) is 2. The van der Waals surface area contributed by atoms with Gasteiger partial charge in [0.25, 0.3) is 0 Å². The molecule has 0 saturated carbocycles. The van der Waals surface area contributed by atoms with E-state index in [0.717, 1.165) is 17.3 Å². The summed E-state index contributed by atoms with van der Waals surface area (Å²) in [7, 11) is 0. The van der Waals surface area contributed by atoms with Crippen molar-refractivity contribution in [3.05, 3.63) is 70.2 Å². The summed E-state index contributed by atoms with van der Waals surface area (Å²) in [5, 5.41) is 6.69. The van der Waals surface area contributed by atoms with Crippen LogP contribution < -0.4 is 5.32 Å². The van der Waals surface area contributed by atoms with E-state index in [0.29, 0.717) is 30.1 Å². The number of nitrogens with zero attached hydrogens (tertiary/aromatic N) is 1. The first kappa shape index (κ1) is 17.8. The molecule has 3 rings (SSSR count). The first-order valence-electron chi connectivity index (χ1n) is 7.88. The van der Waals surface area contributed by atoms with Crippen molar-refractivity contribution in [1.29, 1.82) is 0 Å². The zero-order valence-corrected chi connectivity index (χ0v) is 14.0. The first-order chi connectivity index (χ1) is 11.9. The van der Waals surface area contributed by atoms with E-state index in [9.17, 15) is 13.2 Å². The van der Waals surface area contributed by atoms with Gasteiger partial charge in [-0.05, 0) is 29.8 Å². The van der Waals surface area contributed by atoms with Gasteiger partial charge in [0.05, 0.1) is 11.3 Å². The maximum absolute atomic E-state index is 12.7. The Morgan fingerprint density at radius 2 is 1.92 bits per heavy atom. The van der Waals surface area contributed by atoms with Crippen LogP contribution in [0.2, 0.25) is 5.02 Å². The minimum Gasteiger partial charge on any atom is -0.386 e. The standard InChI is InChI=1S/C18H16ClF3N2O/c19-15-6-4-13(5-7-15)17-9-16(25-24-17)11-23-10-12-2-1-3-14(8-12)18(20,21)22/h1-8,16,23H,9-11H2/p+1/t16-/m1/s1. The molecule has 2 aromatic carbocycles. The number of benzene rings is 2. The highest BCUT2D eigenvalue weighted by atomic mass is 35.5. The number of halogens is 4. The molecule has 1 aliphatic rings. The van der Waals surface area contributed by atoms with Crippen molar-refractivity contribution in [3.8, 4) is 0 Å². The monoisotopic (exact) mass is 369 g/mol. The lowest BCUT2D eigenvalue weighted by atomic mass is 10.1. The molecular weight excluding hydrogens is 353 g/mol. The lowest BCUT2D eigenvalue weighted by molar-refractivity contribution is -0.676. The van der Waals surface area contributed by atoms with Crippen molar-refractivity contribution in [1.82, 2.24) is 0 Å². The number of nitrogens with two attached hydrogens (primary N) is 1. The van der Waals surface area contributed by atoms with Crippen LogP contribution in [0.4, 0.5) is 13.2 Å². The normalized spacial score (nSPS) is 17.3. The van der Waals surface area contributed by atoms with Gasteiger partial charge >= 0.3 is 6.18 Å². The second-order valence-corrected chi connectivity index (χ2v) is 6.34. The maximum Gasteiger partial charge on any atom is 0.416 e. The van der Waals surface area contributed by atoms with E-state index in [1.165, 1.54) is 12.1 Å². The molecular formula is C18H17ClF3N2O+. The molecule has 0 aromatic heterocycles. The predicted molar refractivity (Wildman–Crippen MR) is 89.4 cm³/mol. The molecule has 2 aromatic rings. The summed E-state index contributed by atoms with van der Waals surface area (Å²) < 4.78 is 38.1. The first-order valence-corrected chi connectivity index (χ1v) is 8.26. The summed E-state index contributed by atoms with van der Waals surface area (Å²) in [6.07, 6.45) is -3.73. The molecule has 0 fully saturated rings. The molecule has 1 aliphatic heterocycles. The SMILES string of the molecule is FC(F)(F)c1cccc(C[NH2+]C[C@H]2CC(c3ccc(Cl)cc3)=NO2)c1. The summed E-state index contributed by atoms with van der Waals surface area (Å²) >= 11 is 5.87. The molecule has 1 heterocycles. The molecule has 132 valence electrons. The van der Waals surface area contributed by atoms with Crippen molar-refractivity contribution in [2.75, 3.05) is 6.54 Å². The fourth-order valence-electron chi connectivity index (χ4n) is 2.68. The highest BCUT2D eigenvalue weighted by Crippen LogP contribution is 2.29. The molecule has 7 heteroatoms. The second-order valence-electron chi connectivity index (χ2n) is 5.90. The number of hydrogen-bond donors (Lipinski definition) is 1. The van der Waals surface area contributed by atoms with Crippen LogP contribution in [-0.2, 0) is 17.6 Å². The minimum absolute atomic E-state index is 0.0866. The van der Waals surface area contributed by atoms with E-state index in [2.05, 4.69) is 5.16 Å². The summed E-state index contributed by atoms with van der Waals surface area (Å²) in [6, 6.07) is 12.8. The average molecular weight is 370 g/mol. The van der Waals surface area contributed by atoms with E-state index in [1.54, 1.807) is 18.2 Å². The number of alkyl halides is 3. The lowest BCUT2D eigenvalue weighted by Gasteiger charge is -2.09. The Morgan fingerprint density at radius 3 is 2.64 bits per heavy atom. The van der Waals surface area contributed by atoms with Gasteiger partial charge in [0.1, 0.15) is 13.1 Å². The van der Waals surface area contributed by atoms with Gasteiger partial charge in [-0.2, -0.15) is 13.2 Å². The van der Waals surface area contributed by atoms with E-state index in [-0.39, 0.29) is 6.10 Å². The molecule has 3 nitrogen and oxygen atoms in total. The molecule has 1 atom stereocenters. The molecule has 0 amide bonds. The fraction of sp³-hybridized carbons (Fsp3) is 0.278. The summed E-state index contributed by atoms with van der Waals surface area (Å²) in [4.78, 5) is 5.41. The number of oxime groups is 1. The quantitative estimate of drug-likeness (QED) is 0.859. The molecule has 0 saturated heterocycles. The Morgan fingerprint density at radius 1 is 1.16 bits per heavy atom. The van der Waals surface area contributed by atoms with Crippen molar-refractivity contribution in [3.63, 3.8) is 0 Å².